The Morgan fingerprint density at radius 3 is 2.94 bits per heavy atom. The van der Waals surface area contributed by atoms with Gasteiger partial charge in [0, 0.05) is 19.0 Å². The van der Waals surface area contributed by atoms with E-state index in [1.54, 1.807) is 12.1 Å². The van der Waals surface area contributed by atoms with E-state index >= 15 is 0 Å². The molecule has 4 nitrogen and oxygen atoms in total. The summed E-state index contributed by atoms with van der Waals surface area (Å²) in [6.45, 7) is 0.792. The first-order chi connectivity index (χ1) is 8.66. The molecule has 0 amide bonds. The van der Waals surface area contributed by atoms with E-state index in [0.29, 0.717) is 10.7 Å². The number of rotatable bonds is 1. The number of phenols is 1. The van der Waals surface area contributed by atoms with Crippen molar-refractivity contribution in [3.63, 3.8) is 0 Å². The first-order valence-corrected chi connectivity index (χ1v) is 6.33. The number of phenolic OH excluding ortho intramolecular Hbond substituents is 1. The summed E-state index contributed by atoms with van der Waals surface area (Å²) in [6, 6.07) is 7.30. The van der Waals surface area contributed by atoms with E-state index in [0.717, 1.165) is 30.9 Å². The standard InChI is InChI=1S/C13H14ClN3O/c14-12-10-7-8(15)5-6-17(10)13(16-12)9-3-1-2-4-11(9)18/h1-4,8,18H,5-7,15H2. The lowest BCUT2D eigenvalue weighted by molar-refractivity contribution is 0.466. The third-order valence-electron chi connectivity index (χ3n) is 3.35. The molecule has 0 spiro atoms. The van der Waals surface area contributed by atoms with Crippen LogP contribution < -0.4 is 5.73 Å². The summed E-state index contributed by atoms with van der Waals surface area (Å²) < 4.78 is 2.06. The molecule has 0 aliphatic carbocycles. The van der Waals surface area contributed by atoms with Gasteiger partial charge in [0.1, 0.15) is 11.6 Å². The van der Waals surface area contributed by atoms with E-state index < -0.39 is 0 Å². The molecule has 94 valence electrons. The Balaban J connectivity index is 2.15. The van der Waals surface area contributed by atoms with E-state index in [9.17, 15) is 5.11 Å². The Morgan fingerprint density at radius 2 is 2.17 bits per heavy atom. The van der Waals surface area contributed by atoms with Crippen molar-refractivity contribution in [2.45, 2.75) is 25.4 Å². The molecule has 0 radical (unpaired) electrons. The molecule has 1 atom stereocenters. The largest absolute Gasteiger partial charge is 0.507 e. The summed E-state index contributed by atoms with van der Waals surface area (Å²) >= 11 is 6.16. The number of para-hydroxylation sites is 1. The van der Waals surface area contributed by atoms with E-state index in [1.807, 2.05) is 12.1 Å². The van der Waals surface area contributed by atoms with Gasteiger partial charge in [-0.1, -0.05) is 23.7 Å². The van der Waals surface area contributed by atoms with E-state index in [4.69, 9.17) is 17.3 Å². The summed E-state index contributed by atoms with van der Waals surface area (Å²) in [5, 5.41) is 10.4. The van der Waals surface area contributed by atoms with E-state index in [2.05, 4.69) is 9.55 Å². The predicted octanol–water partition coefficient (Wildman–Crippen LogP) is 2.18. The van der Waals surface area contributed by atoms with Crippen molar-refractivity contribution in [3.8, 4) is 17.1 Å². The maximum atomic E-state index is 9.91. The molecule has 3 N–H and O–H groups in total. The lowest BCUT2D eigenvalue weighted by atomic mass is 10.1. The van der Waals surface area contributed by atoms with Crippen molar-refractivity contribution in [1.82, 2.24) is 9.55 Å². The second kappa shape index (κ2) is 4.30. The van der Waals surface area contributed by atoms with Crippen molar-refractivity contribution in [2.75, 3.05) is 0 Å². The summed E-state index contributed by atoms with van der Waals surface area (Å²) in [4.78, 5) is 4.37. The Bertz CT molecular complexity index is 594. The fraction of sp³-hybridized carbons (Fsp3) is 0.308. The number of imidazole rings is 1. The molecule has 0 fully saturated rings. The Kier molecular flexibility index (Phi) is 2.76. The van der Waals surface area contributed by atoms with Crippen LogP contribution >= 0.6 is 11.6 Å². The molecule has 0 bridgehead atoms. The van der Waals surface area contributed by atoms with Crippen LogP contribution in [0, 0.1) is 0 Å². The molecular formula is C13H14ClN3O. The number of nitrogens with zero attached hydrogens (tertiary/aromatic N) is 2. The lowest BCUT2D eigenvalue weighted by Gasteiger charge is -2.22. The summed E-state index contributed by atoms with van der Waals surface area (Å²) in [6.07, 6.45) is 1.64. The van der Waals surface area contributed by atoms with Gasteiger partial charge in [0.15, 0.2) is 5.15 Å². The number of hydrogen-bond acceptors (Lipinski definition) is 3. The van der Waals surface area contributed by atoms with Gasteiger partial charge in [-0.25, -0.2) is 4.98 Å². The highest BCUT2D eigenvalue weighted by Crippen LogP contribution is 2.33. The molecule has 1 aromatic heterocycles. The molecule has 1 aromatic carbocycles. The fourth-order valence-corrected chi connectivity index (χ4v) is 2.67. The number of aromatic hydroxyl groups is 1. The van der Waals surface area contributed by atoms with Gasteiger partial charge < -0.3 is 15.4 Å². The summed E-state index contributed by atoms with van der Waals surface area (Å²) in [5.41, 5.74) is 7.62. The smallest absolute Gasteiger partial charge is 0.151 e. The third kappa shape index (κ3) is 1.78. The van der Waals surface area contributed by atoms with Crippen LogP contribution in [-0.2, 0) is 13.0 Å². The fourth-order valence-electron chi connectivity index (χ4n) is 2.41. The van der Waals surface area contributed by atoms with Gasteiger partial charge in [0.2, 0.25) is 0 Å². The molecule has 0 saturated heterocycles. The highest BCUT2D eigenvalue weighted by atomic mass is 35.5. The number of halogens is 1. The minimum atomic E-state index is 0.143. The van der Waals surface area contributed by atoms with Gasteiger partial charge in [-0.2, -0.15) is 0 Å². The molecule has 0 saturated carbocycles. The maximum Gasteiger partial charge on any atom is 0.151 e. The van der Waals surface area contributed by atoms with Crippen LogP contribution in [0.3, 0.4) is 0 Å². The summed E-state index contributed by atoms with van der Waals surface area (Å²) in [7, 11) is 0. The second-order valence-electron chi connectivity index (χ2n) is 4.59. The first-order valence-electron chi connectivity index (χ1n) is 5.95. The molecule has 18 heavy (non-hydrogen) atoms. The minimum absolute atomic E-state index is 0.143. The zero-order chi connectivity index (χ0) is 12.7. The SMILES string of the molecule is NC1CCn2c(-c3ccccc3O)nc(Cl)c2C1. The van der Waals surface area contributed by atoms with Gasteiger partial charge >= 0.3 is 0 Å². The number of nitrogens with two attached hydrogens (primary N) is 1. The van der Waals surface area contributed by atoms with Crippen LogP contribution in [0.5, 0.6) is 5.75 Å². The Morgan fingerprint density at radius 1 is 1.39 bits per heavy atom. The van der Waals surface area contributed by atoms with Gasteiger partial charge in [-0.05, 0) is 18.6 Å². The van der Waals surface area contributed by atoms with Gasteiger partial charge in [0.25, 0.3) is 0 Å². The zero-order valence-corrected chi connectivity index (χ0v) is 10.6. The van der Waals surface area contributed by atoms with Crippen LogP contribution in [0.25, 0.3) is 11.4 Å². The van der Waals surface area contributed by atoms with Crippen LogP contribution in [0.2, 0.25) is 5.15 Å². The monoisotopic (exact) mass is 263 g/mol. The van der Waals surface area contributed by atoms with Gasteiger partial charge in [-0.3, -0.25) is 0 Å². The van der Waals surface area contributed by atoms with Gasteiger partial charge in [-0.15, -0.1) is 0 Å². The molecule has 1 unspecified atom stereocenters. The van der Waals surface area contributed by atoms with Gasteiger partial charge in [0.05, 0.1) is 11.3 Å². The molecule has 5 heteroatoms. The molecule has 2 aromatic rings. The number of benzene rings is 1. The maximum absolute atomic E-state index is 9.91. The predicted molar refractivity (Wildman–Crippen MR) is 70.6 cm³/mol. The molecule has 3 rings (SSSR count). The van der Waals surface area contributed by atoms with E-state index in [1.165, 1.54) is 0 Å². The summed E-state index contributed by atoms with van der Waals surface area (Å²) in [5.74, 6) is 0.942. The van der Waals surface area contributed by atoms with Crippen molar-refractivity contribution < 1.29 is 5.11 Å². The number of fused-ring (bicyclic) bond motifs is 1. The van der Waals surface area contributed by atoms with Crippen LogP contribution in [-0.4, -0.2) is 20.7 Å². The van der Waals surface area contributed by atoms with Crippen LogP contribution in [0.15, 0.2) is 24.3 Å². The van der Waals surface area contributed by atoms with Crippen molar-refractivity contribution in [1.29, 1.82) is 0 Å². The normalized spacial score (nSPS) is 18.7. The van der Waals surface area contributed by atoms with Crippen molar-refractivity contribution in [3.05, 3.63) is 35.1 Å². The molecule has 1 aliphatic rings. The van der Waals surface area contributed by atoms with Crippen LogP contribution in [0.1, 0.15) is 12.1 Å². The van der Waals surface area contributed by atoms with Crippen molar-refractivity contribution in [2.24, 2.45) is 5.73 Å². The minimum Gasteiger partial charge on any atom is -0.507 e. The average molecular weight is 264 g/mol. The number of hydrogen-bond donors (Lipinski definition) is 2. The Hall–Kier alpha value is -1.52. The lowest BCUT2D eigenvalue weighted by Crippen LogP contribution is -2.30. The average Bonchev–Trinajstić information content (AvgIpc) is 2.67. The third-order valence-corrected chi connectivity index (χ3v) is 3.65. The Labute approximate surface area is 110 Å². The zero-order valence-electron chi connectivity index (χ0n) is 9.81. The highest BCUT2D eigenvalue weighted by Gasteiger charge is 2.24. The number of aromatic nitrogens is 2. The highest BCUT2D eigenvalue weighted by molar-refractivity contribution is 6.30. The molecule has 1 aliphatic heterocycles. The van der Waals surface area contributed by atoms with E-state index in [-0.39, 0.29) is 11.8 Å². The van der Waals surface area contributed by atoms with Crippen LogP contribution in [0.4, 0.5) is 0 Å². The van der Waals surface area contributed by atoms with Crippen molar-refractivity contribution >= 4 is 11.6 Å². The molecule has 2 heterocycles. The molecular weight excluding hydrogens is 250 g/mol. The first kappa shape index (κ1) is 11.6. The quantitative estimate of drug-likeness (QED) is 0.829. The second-order valence-corrected chi connectivity index (χ2v) is 4.95. The topological polar surface area (TPSA) is 64.1 Å².